The summed E-state index contributed by atoms with van der Waals surface area (Å²) in [6.07, 6.45) is 2.10. The van der Waals surface area contributed by atoms with Crippen LogP contribution in [0.15, 0.2) is 59.7 Å². The van der Waals surface area contributed by atoms with E-state index < -0.39 is 0 Å². The van der Waals surface area contributed by atoms with Crippen LogP contribution in [0.5, 0.6) is 5.75 Å². The van der Waals surface area contributed by atoms with Crippen LogP contribution < -0.4 is 4.74 Å². The van der Waals surface area contributed by atoms with Crippen molar-refractivity contribution in [3.8, 4) is 17.6 Å². The van der Waals surface area contributed by atoms with E-state index in [1.165, 1.54) is 0 Å². The van der Waals surface area contributed by atoms with Crippen molar-refractivity contribution >= 4 is 0 Å². The number of azide groups is 1. The van der Waals surface area contributed by atoms with Gasteiger partial charge in [0, 0.05) is 23.1 Å². The van der Waals surface area contributed by atoms with E-state index in [1.54, 1.807) is 7.11 Å². The highest BCUT2D eigenvalue weighted by molar-refractivity contribution is 5.40. The first-order valence-corrected chi connectivity index (χ1v) is 8.79. The van der Waals surface area contributed by atoms with Crippen molar-refractivity contribution in [1.29, 1.82) is 0 Å². The summed E-state index contributed by atoms with van der Waals surface area (Å²) in [5.74, 6) is 7.56. The van der Waals surface area contributed by atoms with E-state index in [1.807, 2.05) is 48.5 Å². The summed E-state index contributed by atoms with van der Waals surface area (Å²) in [5.41, 5.74) is 10.8. The molecule has 2 atom stereocenters. The van der Waals surface area contributed by atoms with Gasteiger partial charge in [0.2, 0.25) is 0 Å². The van der Waals surface area contributed by atoms with E-state index in [-0.39, 0.29) is 12.1 Å². The van der Waals surface area contributed by atoms with Gasteiger partial charge in [-0.1, -0.05) is 47.3 Å². The van der Waals surface area contributed by atoms with Gasteiger partial charge >= 0.3 is 0 Å². The maximum absolute atomic E-state index is 8.68. The van der Waals surface area contributed by atoms with Gasteiger partial charge in [0.25, 0.3) is 0 Å². The highest BCUT2D eigenvalue weighted by atomic mass is 16.5. The fourth-order valence-corrected chi connectivity index (χ4v) is 3.37. The smallest absolute Gasteiger partial charge is 0.119 e. The Morgan fingerprint density at radius 3 is 2.88 bits per heavy atom. The molecule has 0 N–H and O–H groups in total. The lowest BCUT2D eigenvalue weighted by molar-refractivity contribution is 0.222. The second-order valence-corrected chi connectivity index (χ2v) is 6.26. The normalized spacial score (nSPS) is 17.7. The Balaban J connectivity index is 1.95. The van der Waals surface area contributed by atoms with Gasteiger partial charge in [0.15, 0.2) is 0 Å². The Morgan fingerprint density at radius 1 is 1.27 bits per heavy atom. The van der Waals surface area contributed by atoms with Crippen LogP contribution in [0.4, 0.5) is 0 Å². The molecule has 2 aromatic carbocycles. The molecule has 0 aromatic heterocycles. The summed E-state index contributed by atoms with van der Waals surface area (Å²) in [6, 6.07) is 18.2. The molecule has 0 amide bonds. The zero-order chi connectivity index (χ0) is 18.2. The van der Waals surface area contributed by atoms with Crippen LogP contribution in [-0.4, -0.2) is 31.1 Å². The molecule has 1 fully saturated rings. The molecule has 0 aliphatic carbocycles. The lowest BCUT2D eigenvalue weighted by Crippen LogP contribution is -2.34. The number of benzene rings is 2. The van der Waals surface area contributed by atoms with Gasteiger partial charge in [-0.3, -0.25) is 4.90 Å². The van der Waals surface area contributed by atoms with E-state index >= 15 is 0 Å². The summed E-state index contributed by atoms with van der Waals surface area (Å²) in [7, 11) is 1.67. The van der Waals surface area contributed by atoms with Crippen molar-refractivity contribution in [3.05, 3.63) is 76.2 Å². The van der Waals surface area contributed by atoms with E-state index in [4.69, 9.17) is 10.3 Å². The molecule has 132 valence electrons. The fraction of sp³-hybridized carbons (Fsp3) is 0.333. The zero-order valence-electron chi connectivity index (χ0n) is 14.9. The van der Waals surface area contributed by atoms with Gasteiger partial charge in [0.05, 0.1) is 13.2 Å². The summed E-state index contributed by atoms with van der Waals surface area (Å²) in [6.45, 7) is 1.42. The number of hydrogen-bond donors (Lipinski definition) is 0. The third-order valence-electron chi connectivity index (χ3n) is 4.65. The highest BCUT2D eigenvalue weighted by Gasteiger charge is 2.30. The molecule has 0 saturated carbocycles. The molecule has 3 rings (SSSR count). The van der Waals surface area contributed by atoms with Crippen LogP contribution >= 0.6 is 0 Å². The van der Waals surface area contributed by atoms with Crippen LogP contribution in [-0.2, 0) is 0 Å². The lowest BCUT2D eigenvalue weighted by atomic mass is 10.0. The fourth-order valence-electron chi connectivity index (χ4n) is 3.37. The number of nitrogens with zero attached hydrogens (tertiary/aromatic N) is 4. The van der Waals surface area contributed by atoms with Gasteiger partial charge in [0.1, 0.15) is 5.75 Å². The van der Waals surface area contributed by atoms with Crippen LogP contribution in [0.1, 0.15) is 30.0 Å². The molecule has 0 radical (unpaired) electrons. The topological polar surface area (TPSA) is 61.2 Å². The summed E-state index contributed by atoms with van der Waals surface area (Å²) >= 11 is 0. The monoisotopic (exact) mass is 346 g/mol. The Hall–Kier alpha value is -2.93. The highest BCUT2D eigenvalue weighted by Crippen LogP contribution is 2.31. The maximum atomic E-state index is 8.68. The molecule has 2 aromatic rings. The van der Waals surface area contributed by atoms with Crippen molar-refractivity contribution in [2.24, 2.45) is 5.11 Å². The predicted molar refractivity (Wildman–Crippen MR) is 103 cm³/mol. The molecule has 5 nitrogen and oxygen atoms in total. The van der Waals surface area contributed by atoms with Crippen LogP contribution in [0.3, 0.4) is 0 Å². The SMILES string of the molecule is COc1cccc([C@@H](C#Cc2ccccc2)N2CCC[C@H]2CN=[N+]=[N-])c1. The standard InChI is InChI=1S/C21H22N4O/c1-26-20-11-5-9-18(15-20)21(13-12-17-7-3-2-4-8-17)25-14-6-10-19(25)16-23-24-22/h2-5,7-9,11,15,19,21H,6,10,14,16H2,1H3/t19-,21+/m0/s1. The molecule has 1 aliphatic rings. The van der Waals surface area contributed by atoms with E-state index in [0.717, 1.165) is 36.3 Å². The van der Waals surface area contributed by atoms with Gasteiger partial charge in [-0.25, -0.2) is 0 Å². The average Bonchev–Trinajstić information content (AvgIpc) is 3.16. The van der Waals surface area contributed by atoms with Crippen LogP contribution in [0.25, 0.3) is 10.4 Å². The largest absolute Gasteiger partial charge is 0.497 e. The first-order chi connectivity index (χ1) is 12.8. The molecule has 0 spiro atoms. The second kappa shape index (κ2) is 8.96. The van der Waals surface area contributed by atoms with E-state index in [2.05, 4.69) is 32.8 Å². The number of rotatable bonds is 5. The third kappa shape index (κ3) is 4.37. The minimum absolute atomic E-state index is 0.0632. The molecule has 0 bridgehead atoms. The Morgan fingerprint density at radius 2 is 2.12 bits per heavy atom. The number of hydrogen-bond acceptors (Lipinski definition) is 3. The molecule has 1 heterocycles. The minimum atomic E-state index is -0.0632. The maximum Gasteiger partial charge on any atom is 0.119 e. The van der Waals surface area contributed by atoms with E-state index in [9.17, 15) is 0 Å². The van der Waals surface area contributed by atoms with Gasteiger partial charge in [-0.15, -0.1) is 0 Å². The minimum Gasteiger partial charge on any atom is -0.497 e. The molecule has 26 heavy (non-hydrogen) atoms. The van der Waals surface area contributed by atoms with Crippen LogP contribution in [0, 0.1) is 11.8 Å². The molecular formula is C21H22N4O. The third-order valence-corrected chi connectivity index (χ3v) is 4.65. The Labute approximate surface area is 154 Å². The summed E-state index contributed by atoms with van der Waals surface area (Å²) in [5, 5.41) is 3.80. The van der Waals surface area contributed by atoms with Gasteiger partial charge < -0.3 is 4.74 Å². The average molecular weight is 346 g/mol. The van der Waals surface area contributed by atoms with Crippen LogP contribution in [0.2, 0.25) is 0 Å². The van der Waals surface area contributed by atoms with Crippen molar-refractivity contribution in [2.75, 3.05) is 20.2 Å². The molecule has 1 aliphatic heterocycles. The lowest BCUT2D eigenvalue weighted by Gasteiger charge is -2.29. The van der Waals surface area contributed by atoms with Gasteiger partial charge in [-0.05, 0) is 54.7 Å². The second-order valence-electron chi connectivity index (χ2n) is 6.26. The molecular weight excluding hydrogens is 324 g/mol. The number of methoxy groups -OCH3 is 1. The Bertz CT molecular complexity index is 834. The van der Waals surface area contributed by atoms with Crippen molar-refractivity contribution in [1.82, 2.24) is 4.90 Å². The zero-order valence-corrected chi connectivity index (χ0v) is 14.9. The quantitative estimate of drug-likeness (QED) is 0.345. The number of ether oxygens (including phenoxy) is 1. The first kappa shape index (κ1) is 17.9. The molecule has 1 saturated heterocycles. The first-order valence-electron chi connectivity index (χ1n) is 8.79. The van der Waals surface area contributed by atoms with Crippen molar-refractivity contribution < 1.29 is 4.74 Å². The molecule has 5 heteroatoms. The predicted octanol–water partition coefficient (Wildman–Crippen LogP) is 4.56. The van der Waals surface area contributed by atoms with E-state index in [0.29, 0.717) is 6.54 Å². The van der Waals surface area contributed by atoms with Crippen molar-refractivity contribution in [2.45, 2.75) is 24.9 Å². The van der Waals surface area contributed by atoms with Gasteiger partial charge in [-0.2, -0.15) is 0 Å². The Kier molecular flexibility index (Phi) is 6.16. The summed E-state index contributed by atoms with van der Waals surface area (Å²) in [4.78, 5) is 5.28. The molecule has 0 unspecified atom stereocenters. The van der Waals surface area contributed by atoms with Crippen molar-refractivity contribution in [3.63, 3.8) is 0 Å². The summed E-state index contributed by atoms with van der Waals surface area (Å²) < 4.78 is 5.39. The number of likely N-dealkylation sites (tertiary alicyclic amines) is 1.